The quantitative estimate of drug-likeness (QED) is 0.635. The maximum Gasteiger partial charge on any atom is 0.254 e. The topological polar surface area (TPSA) is 49.3 Å². The van der Waals surface area contributed by atoms with E-state index in [9.17, 15) is 9.18 Å². The standard InChI is InChI=1S/C25H25FN4O/c1-16-13-17(2)28-25(27-16)30-20-11-12-21(30)15-29(14-20)24(31)23-6-4-3-5-22(23)18-7-9-19(26)10-8-18/h3-10,13,20-21H,11-12,14-15H2,1-2H3. The van der Waals surface area contributed by atoms with E-state index in [4.69, 9.17) is 0 Å². The van der Waals surface area contributed by atoms with Crippen LogP contribution in [0.25, 0.3) is 11.1 Å². The number of aromatic nitrogens is 2. The van der Waals surface area contributed by atoms with Gasteiger partial charge in [-0.25, -0.2) is 14.4 Å². The number of nitrogens with zero attached hydrogens (tertiary/aromatic N) is 4. The number of carbonyl (C=O) groups is 1. The Labute approximate surface area is 181 Å². The summed E-state index contributed by atoms with van der Waals surface area (Å²) >= 11 is 0. The van der Waals surface area contributed by atoms with E-state index >= 15 is 0 Å². The van der Waals surface area contributed by atoms with Crippen LogP contribution in [-0.4, -0.2) is 45.9 Å². The van der Waals surface area contributed by atoms with Gasteiger partial charge in [-0.15, -0.1) is 0 Å². The summed E-state index contributed by atoms with van der Waals surface area (Å²) in [6.07, 6.45) is 2.06. The first-order valence-corrected chi connectivity index (χ1v) is 10.7. The molecule has 2 aliphatic heterocycles. The van der Waals surface area contributed by atoms with Crippen LogP contribution in [0.1, 0.15) is 34.6 Å². The van der Waals surface area contributed by atoms with Gasteiger partial charge in [0.1, 0.15) is 5.82 Å². The molecule has 2 atom stereocenters. The SMILES string of the molecule is Cc1cc(C)nc(N2C3CCC2CN(C(=O)c2ccccc2-c2ccc(F)cc2)C3)n1. The molecule has 31 heavy (non-hydrogen) atoms. The molecule has 6 heteroatoms. The highest BCUT2D eigenvalue weighted by Crippen LogP contribution is 2.35. The van der Waals surface area contributed by atoms with Crippen LogP contribution in [0.2, 0.25) is 0 Å². The number of piperazine rings is 1. The van der Waals surface area contributed by atoms with Crippen molar-refractivity contribution >= 4 is 11.9 Å². The zero-order chi connectivity index (χ0) is 21.5. The summed E-state index contributed by atoms with van der Waals surface area (Å²) in [4.78, 5) is 27.1. The predicted octanol–water partition coefficient (Wildman–Crippen LogP) is 4.39. The Morgan fingerprint density at radius 1 is 0.935 bits per heavy atom. The highest BCUT2D eigenvalue weighted by molar-refractivity contribution is 6.01. The van der Waals surface area contributed by atoms with E-state index in [-0.39, 0.29) is 23.8 Å². The van der Waals surface area contributed by atoms with Gasteiger partial charge < -0.3 is 9.80 Å². The van der Waals surface area contributed by atoms with Crippen molar-refractivity contribution in [2.45, 2.75) is 38.8 Å². The van der Waals surface area contributed by atoms with Crippen LogP contribution in [0.5, 0.6) is 0 Å². The number of anilines is 1. The Morgan fingerprint density at radius 3 is 2.19 bits per heavy atom. The van der Waals surface area contributed by atoms with Crippen LogP contribution in [0.15, 0.2) is 54.6 Å². The van der Waals surface area contributed by atoms with Crippen LogP contribution in [0, 0.1) is 19.7 Å². The summed E-state index contributed by atoms with van der Waals surface area (Å²) < 4.78 is 13.4. The lowest BCUT2D eigenvalue weighted by molar-refractivity contribution is 0.0717. The molecule has 0 aliphatic carbocycles. The third-order valence-electron chi connectivity index (χ3n) is 6.28. The number of fused-ring (bicyclic) bond motifs is 2. The van der Waals surface area contributed by atoms with Crippen molar-refractivity contribution in [2.75, 3.05) is 18.0 Å². The van der Waals surface area contributed by atoms with E-state index in [0.29, 0.717) is 18.7 Å². The Balaban J connectivity index is 1.41. The van der Waals surface area contributed by atoms with Gasteiger partial charge in [0.15, 0.2) is 0 Å². The summed E-state index contributed by atoms with van der Waals surface area (Å²) in [6.45, 7) is 5.30. The summed E-state index contributed by atoms with van der Waals surface area (Å²) in [5, 5.41) is 0. The van der Waals surface area contributed by atoms with Gasteiger partial charge in [0.05, 0.1) is 0 Å². The zero-order valence-electron chi connectivity index (χ0n) is 17.8. The largest absolute Gasteiger partial charge is 0.334 e. The molecule has 5 rings (SSSR count). The fourth-order valence-corrected chi connectivity index (χ4v) is 4.94. The molecule has 3 aromatic rings. The molecular weight excluding hydrogens is 391 g/mol. The van der Waals surface area contributed by atoms with Crippen LogP contribution in [0.3, 0.4) is 0 Å². The Morgan fingerprint density at radius 2 is 1.55 bits per heavy atom. The average Bonchev–Trinajstić information content (AvgIpc) is 3.02. The minimum atomic E-state index is -0.283. The van der Waals surface area contributed by atoms with Crippen molar-refractivity contribution in [1.82, 2.24) is 14.9 Å². The molecule has 3 heterocycles. The molecule has 2 saturated heterocycles. The number of aryl methyl sites for hydroxylation is 2. The van der Waals surface area contributed by atoms with E-state index in [1.807, 2.05) is 49.1 Å². The molecule has 0 N–H and O–H groups in total. The van der Waals surface area contributed by atoms with Crippen molar-refractivity contribution in [1.29, 1.82) is 0 Å². The fourth-order valence-electron chi connectivity index (χ4n) is 4.94. The maximum absolute atomic E-state index is 13.5. The highest BCUT2D eigenvalue weighted by atomic mass is 19.1. The monoisotopic (exact) mass is 416 g/mol. The van der Waals surface area contributed by atoms with Crippen LogP contribution < -0.4 is 4.90 Å². The summed E-state index contributed by atoms with van der Waals surface area (Å²) in [6, 6.07) is 16.3. The van der Waals surface area contributed by atoms with Gasteiger partial charge in [-0.1, -0.05) is 30.3 Å². The number of amides is 1. The Kier molecular flexibility index (Phi) is 4.93. The van der Waals surface area contributed by atoms with Gasteiger partial charge in [0.25, 0.3) is 5.91 Å². The van der Waals surface area contributed by atoms with Gasteiger partial charge >= 0.3 is 0 Å². The fraction of sp³-hybridized carbons (Fsp3) is 0.320. The second kappa shape index (κ2) is 7.76. The van der Waals surface area contributed by atoms with Crippen molar-refractivity contribution in [3.8, 4) is 11.1 Å². The smallest absolute Gasteiger partial charge is 0.254 e. The number of carbonyl (C=O) groups excluding carboxylic acids is 1. The summed E-state index contributed by atoms with van der Waals surface area (Å²) in [5.74, 6) is 0.524. The predicted molar refractivity (Wildman–Crippen MR) is 119 cm³/mol. The van der Waals surface area contributed by atoms with Gasteiger partial charge in [-0.3, -0.25) is 4.79 Å². The van der Waals surface area contributed by atoms with E-state index in [1.165, 1.54) is 12.1 Å². The van der Waals surface area contributed by atoms with Crippen LogP contribution in [0.4, 0.5) is 10.3 Å². The van der Waals surface area contributed by atoms with Gasteiger partial charge in [0, 0.05) is 42.1 Å². The second-order valence-electron chi connectivity index (χ2n) is 8.51. The third kappa shape index (κ3) is 3.67. The summed E-state index contributed by atoms with van der Waals surface area (Å²) in [7, 11) is 0. The third-order valence-corrected chi connectivity index (χ3v) is 6.28. The average molecular weight is 417 g/mol. The van der Waals surface area contributed by atoms with Crippen molar-refractivity contribution in [3.05, 3.63) is 77.4 Å². The van der Waals surface area contributed by atoms with Crippen LogP contribution >= 0.6 is 0 Å². The van der Waals surface area contributed by atoms with E-state index in [2.05, 4.69) is 14.9 Å². The van der Waals surface area contributed by atoms with Crippen molar-refractivity contribution in [2.24, 2.45) is 0 Å². The molecular formula is C25H25FN4O. The lowest BCUT2D eigenvalue weighted by Crippen LogP contribution is -2.56. The first-order valence-electron chi connectivity index (χ1n) is 10.7. The van der Waals surface area contributed by atoms with E-state index in [0.717, 1.165) is 41.3 Å². The first kappa shape index (κ1) is 19.7. The molecule has 2 fully saturated rings. The molecule has 158 valence electrons. The molecule has 2 unspecified atom stereocenters. The molecule has 0 saturated carbocycles. The second-order valence-corrected chi connectivity index (χ2v) is 8.51. The lowest BCUT2D eigenvalue weighted by atomic mass is 9.98. The number of hydrogen-bond acceptors (Lipinski definition) is 4. The number of halogens is 1. The summed E-state index contributed by atoms with van der Waals surface area (Å²) in [5.41, 5.74) is 4.27. The van der Waals surface area contributed by atoms with Gasteiger partial charge in [-0.05, 0) is 62.1 Å². The minimum Gasteiger partial charge on any atom is -0.334 e. The number of hydrogen-bond donors (Lipinski definition) is 0. The lowest BCUT2D eigenvalue weighted by Gasteiger charge is -2.41. The normalized spacial score (nSPS) is 20.2. The molecule has 2 aromatic carbocycles. The van der Waals surface area contributed by atoms with E-state index < -0.39 is 0 Å². The van der Waals surface area contributed by atoms with E-state index in [1.54, 1.807) is 12.1 Å². The van der Waals surface area contributed by atoms with Gasteiger partial charge in [-0.2, -0.15) is 0 Å². The number of rotatable bonds is 3. The Hall–Kier alpha value is -3.28. The number of benzene rings is 2. The maximum atomic E-state index is 13.5. The van der Waals surface area contributed by atoms with Crippen LogP contribution in [-0.2, 0) is 0 Å². The molecule has 2 bridgehead atoms. The molecule has 0 radical (unpaired) electrons. The zero-order valence-corrected chi connectivity index (χ0v) is 17.8. The minimum absolute atomic E-state index is 0.0258. The molecule has 5 nitrogen and oxygen atoms in total. The highest BCUT2D eigenvalue weighted by Gasteiger charge is 2.43. The van der Waals surface area contributed by atoms with Gasteiger partial charge in [0.2, 0.25) is 5.95 Å². The van der Waals surface area contributed by atoms with Crippen molar-refractivity contribution < 1.29 is 9.18 Å². The van der Waals surface area contributed by atoms with Crippen molar-refractivity contribution in [3.63, 3.8) is 0 Å². The molecule has 1 amide bonds. The molecule has 0 spiro atoms. The first-order chi connectivity index (χ1) is 15.0. The number of likely N-dealkylation sites (tertiary alicyclic amines) is 1. The molecule has 2 aliphatic rings. The Bertz CT molecular complexity index is 1100. The molecule has 1 aromatic heterocycles.